The molecule has 1 aromatic rings. The van der Waals surface area contributed by atoms with Crippen molar-refractivity contribution >= 4 is 15.9 Å². The van der Waals surface area contributed by atoms with Crippen LogP contribution in [-0.2, 0) is 6.42 Å². The lowest BCUT2D eigenvalue weighted by atomic mass is 9.90. The Bertz CT molecular complexity index is 569. The molecule has 2 aliphatic rings. The van der Waals surface area contributed by atoms with Gasteiger partial charge in [-0.1, -0.05) is 13.8 Å². The second-order valence-corrected chi connectivity index (χ2v) is 7.82. The molecule has 1 aromatic heterocycles. The van der Waals surface area contributed by atoms with Gasteiger partial charge in [0.1, 0.15) is 10.3 Å². The van der Waals surface area contributed by atoms with Gasteiger partial charge in [-0.25, -0.2) is 4.98 Å². The predicted octanol–water partition coefficient (Wildman–Crippen LogP) is 3.07. The molecule has 5 heteroatoms. The molecule has 2 saturated heterocycles. The highest BCUT2D eigenvalue weighted by molar-refractivity contribution is 9.10. The van der Waals surface area contributed by atoms with Crippen molar-refractivity contribution in [3.05, 3.63) is 26.3 Å². The van der Waals surface area contributed by atoms with Crippen LogP contribution in [0.5, 0.6) is 0 Å². The van der Waals surface area contributed by atoms with Gasteiger partial charge in [0.15, 0.2) is 0 Å². The molecule has 116 valence electrons. The third kappa shape index (κ3) is 2.95. The minimum Gasteiger partial charge on any atom is -0.309 e. The molecule has 0 saturated carbocycles. The number of aromatic nitrogens is 2. The molecule has 2 unspecified atom stereocenters. The predicted molar refractivity (Wildman–Crippen MR) is 87.6 cm³/mol. The number of piperidine rings is 1. The van der Waals surface area contributed by atoms with Crippen molar-refractivity contribution in [2.24, 2.45) is 5.92 Å². The highest BCUT2D eigenvalue weighted by Gasteiger charge is 2.39. The number of nitrogens with one attached hydrogen (secondary N) is 1. The maximum Gasteiger partial charge on any atom is 0.265 e. The summed E-state index contributed by atoms with van der Waals surface area (Å²) in [6.07, 6.45) is 5.67. The van der Waals surface area contributed by atoms with Gasteiger partial charge >= 0.3 is 0 Å². The van der Waals surface area contributed by atoms with E-state index in [0.29, 0.717) is 28.4 Å². The van der Waals surface area contributed by atoms with E-state index in [1.165, 1.54) is 12.8 Å². The SMILES string of the molecule is CC(C)Cc1nc(C2CC3CCC(C2)N3C)[nH]c(=O)c1Br. The van der Waals surface area contributed by atoms with E-state index in [-0.39, 0.29) is 5.56 Å². The number of rotatable bonds is 3. The summed E-state index contributed by atoms with van der Waals surface area (Å²) in [5.74, 6) is 1.81. The first-order valence-corrected chi connectivity index (χ1v) is 8.75. The first-order valence-electron chi connectivity index (χ1n) is 7.96. The van der Waals surface area contributed by atoms with Gasteiger partial charge in [-0.15, -0.1) is 0 Å². The fraction of sp³-hybridized carbons (Fsp3) is 0.750. The van der Waals surface area contributed by atoms with Crippen LogP contribution in [0, 0.1) is 5.92 Å². The first-order chi connectivity index (χ1) is 9.95. The summed E-state index contributed by atoms with van der Waals surface area (Å²) in [6, 6.07) is 1.33. The molecule has 2 aliphatic heterocycles. The Hall–Kier alpha value is -0.680. The molecule has 3 rings (SSSR count). The molecule has 1 N–H and O–H groups in total. The normalized spacial score (nSPS) is 29.3. The van der Waals surface area contributed by atoms with Crippen LogP contribution in [0.4, 0.5) is 0 Å². The second kappa shape index (κ2) is 5.84. The van der Waals surface area contributed by atoms with Gasteiger partial charge in [-0.05, 0) is 61.0 Å². The van der Waals surface area contributed by atoms with Gasteiger partial charge in [0.2, 0.25) is 0 Å². The Labute approximate surface area is 134 Å². The summed E-state index contributed by atoms with van der Waals surface area (Å²) in [6.45, 7) is 4.32. The maximum absolute atomic E-state index is 12.2. The Morgan fingerprint density at radius 3 is 2.52 bits per heavy atom. The number of fused-ring (bicyclic) bond motifs is 2. The van der Waals surface area contributed by atoms with E-state index in [4.69, 9.17) is 4.98 Å². The maximum atomic E-state index is 12.2. The van der Waals surface area contributed by atoms with E-state index >= 15 is 0 Å². The van der Waals surface area contributed by atoms with Crippen LogP contribution in [-0.4, -0.2) is 34.0 Å². The van der Waals surface area contributed by atoms with E-state index in [1.807, 2.05) is 0 Å². The van der Waals surface area contributed by atoms with Crippen LogP contribution < -0.4 is 5.56 Å². The second-order valence-electron chi connectivity index (χ2n) is 7.03. The Morgan fingerprint density at radius 2 is 1.95 bits per heavy atom. The number of hydrogen-bond acceptors (Lipinski definition) is 3. The van der Waals surface area contributed by atoms with Gasteiger partial charge in [-0.2, -0.15) is 0 Å². The van der Waals surface area contributed by atoms with E-state index < -0.39 is 0 Å². The number of nitrogens with zero attached hydrogens (tertiary/aromatic N) is 2. The average Bonchev–Trinajstić information content (AvgIpc) is 2.64. The number of halogens is 1. The zero-order valence-electron chi connectivity index (χ0n) is 13.0. The third-order valence-electron chi connectivity index (χ3n) is 5.04. The van der Waals surface area contributed by atoms with Crippen molar-refractivity contribution in [2.45, 2.75) is 64.0 Å². The lowest BCUT2D eigenvalue weighted by molar-refractivity contribution is 0.158. The number of H-pyrrole nitrogens is 1. The van der Waals surface area contributed by atoms with Crippen LogP contribution in [0.2, 0.25) is 0 Å². The summed E-state index contributed by atoms with van der Waals surface area (Å²) in [7, 11) is 2.24. The topological polar surface area (TPSA) is 49.0 Å². The van der Waals surface area contributed by atoms with Crippen LogP contribution in [0.15, 0.2) is 9.27 Å². The highest BCUT2D eigenvalue weighted by Crippen LogP contribution is 2.41. The molecule has 4 nitrogen and oxygen atoms in total. The fourth-order valence-electron chi connectivity index (χ4n) is 3.87. The Morgan fingerprint density at radius 1 is 1.33 bits per heavy atom. The zero-order valence-corrected chi connectivity index (χ0v) is 14.6. The highest BCUT2D eigenvalue weighted by atomic mass is 79.9. The van der Waals surface area contributed by atoms with Crippen LogP contribution in [0.3, 0.4) is 0 Å². The molecule has 3 heterocycles. The van der Waals surface area contributed by atoms with Gasteiger partial charge in [0, 0.05) is 18.0 Å². The average molecular weight is 354 g/mol. The molecule has 2 bridgehead atoms. The smallest absolute Gasteiger partial charge is 0.265 e. The summed E-state index contributed by atoms with van der Waals surface area (Å²) < 4.78 is 0.607. The molecular formula is C16H24BrN3O. The zero-order chi connectivity index (χ0) is 15.1. The molecule has 2 fully saturated rings. The minimum absolute atomic E-state index is 0.0260. The van der Waals surface area contributed by atoms with Crippen LogP contribution in [0.25, 0.3) is 0 Å². The first kappa shape index (κ1) is 15.2. The number of aromatic amines is 1. The molecular weight excluding hydrogens is 330 g/mol. The van der Waals surface area contributed by atoms with E-state index in [1.54, 1.807) is 0 Å². The van der Waals surface area contributed by atoms with E-state index in [0.717, 1.165) is 30.8 Å². The van der Waals surface area contributed by atoms with Crippen molar-refractivity contribution in [1.29, 1.82) is 0 Å². The summed E-state index contributed by atoms with van der Waals surface area (Å²) >= 11 is 3.40. The summed E-state index contributed by atoms with van der Waals surface area (Å²) in [5.41, 5.74) is 0.886. The molecule has 0 spiro atoms. The van der Waals surface area contributed by atoms with Crippen molar-refractivity contribution in [3.63, 3.8) is 0 Å². The molecule has 0 radical (unpaired) electrons. The summed E-state index contributed by atoms with van der Waals surface area (Å²) in [5, 5.41) is 0. The molecule has 2 atom stereocenters. The van der Waals surface area contributed by atoms with E-state index in [2.05, 4.69) is 46.7 Å². The van der Waals surface area contributed by atoms with Crippen LogP contribution >= 0.6 is 15.9 Å². The van der Waals surface area contributed by atoms with Crippen molar-refractivity contribution in [1.82, 2.24) is 14.9 Å². The summed E-state index contributed by atoms with van der Waals surface area (Å²) in [4.78, 5) is 22.5. The Kier molecular flexibility index (Phi) is 4.23. The van der Waals surface area contributed by atoms with Crippen molar-refractivity contribution < 1.29 is 0 Å². The fourth-order valence-corrected chi connectivity index (χ4v) is 4.22. The molecule has 0 amide bonds. The van der Waals surface area contributed by atoms with Gasteiger partial charge in [0.25, 0.3) is 5.56 Å². The van der Waals surface area contributed by atoms with Crippen LogP contribution in [0.1, 0.15) is 57.0 Å². The number of hydrogen-bond donors (Lipinski definition) is 1. The quantitative estimate of drug-likeness (QED) is 0.908. The van der Waals surface area contributed by atoms with Gasteiger partial charge in [-0.3, -0.25) is 4.79 Å². The third-order valence-corrected chi connectivity index (χ3v) is 5.85. The van der Waals surface area contributed by atoms with Crippen molar-refractivity contribution in [3.8, 4) is 0 Å². The van der Waals surface area contributed by atoms with Crippen molar-refractivity contribution in [2.75, 3.05) is 7.05 Å². The lowest BCUT2D eigenvalue weighted by Crippen LogP contribution is -2.39. The lowest BCUT2D eigenvalue weighted by Gasteiger charge is -2.35. The standard InChI is InChI=1S/C16H24BrN3O/c1-9(2)6-13-14(17)16(21)19-15(18-13)10-7-11-4-5-12(8-10)20(11)3/h9-12H,4-8H2,1-3H3,(H,18,19,21). The minimum atomic E-state index is -0.0260. The largest absolute Gasteiger partial charge is 0.309 e. The van der Waals surface area contributed by atoms with Gasteiger partial charge in [0.05, 0.1) is 5.69 Å². The monoisotopic (exact) mass is 353 g/mol. The molecule has 0 aliphatic carbocycles. The van der Waals surface area contributed by atoms with Gasteiger partial charge < -0.3 is 9.88 Å². The molecule has 21 heavy (non-hydrogen) atoms. The molecule has 0 aromatic carbocycles. The Balaban J connectivity index is 1.89. The van der Waals surface area contributed by atoms with E-state index in [9.17, 15) is 4.79 Å².